The van der Waals surface area contributed by atoms with E-state index in [2.05, 4.69) is 138 Å². The average Bonchev–Trinajstić information content (AvgIpc) is 3.53. The fraction of sp³-hybridized carbons (Fsp3) is 0.220. The van der Waals surface area contributed by atoms with Gasteiger partial charge >= 0.3 is 20.4 Å². The smallest absolute Gasteiger partial charge is 0.509 e. The number of nitrogens with zero attached hydrogens (tertiary/aromatic N) is 4. The van der Waals surface area contributed by atoms with Crippen molar-refractivity contribution in [3.63, 3.8) is 0 Å². The maximum Gasteiger partial charge on any atom is 2.00 e. The van der Waals surface area contributed by atoms with Crippen molar-refractivity contribution in [3.05, 3.63) is 131 Å². The van der Waals surface area contributed by atoms with Gasteiger partial charge in [-0.25, -0.2) is 4.98 Å². The quantitative estimate of drug-likeness (QED) is 0.122. The van der Waals surface area contributed by atoms with Gasteiger partial charge in [-0.15, -0.1) is 41.3 Å². The Morgan fingerprint density at radius 3 is 2.30 bits per heavy atom. The van der Waals surface area contributed by atoms with E-state index in [4.69, 9.17) is 14.8 Å². The van der Waals surface area contributed by atoms with Gasteiger partial charge in [0.25, 0.3) is 0 Å². The van der Waals surface area contributed by atoms with Crippen molar-refractivity contribution in [1.82, 2.24) is 19.3 Å². The van der Waals surface area contributed by atoms with E-state index in [9.17, 15) is 0 Å². The molecular weight excluding hydrogens is 671 g/mol. The van der Waals surface area contributed by atoms with Crippen LogP contribution < -0.4 is 4.74 Å². The SMILES string of the molecule is CCc1ccnc(-n2c3[c-]c(Oc4[c-]c(-n5nc(C)c(-c6c(C)cccc6C)c5C)cc(C(C)C)c4)ccc3c3ccccc32)c1.[Pd+2]. The van der Waals surface area contributed by atoms with Crippen LogP contribution in [0.5, 0.6) is 11.5 Å². The van der Waals surface area contributed by atoms with Crippen molar-refractivity contribution in [2.24, 2.45) is 0 Å². The molecule has 6 heteroatoms. The molecule has 0 radical (unpaired) electrons. The van der Waals surface area contributed by atoms with Gasteiger partial charge in [-0.1, -0.05) is 62.7 Å². The van der Waals surface area contributed by atoms with E-state index in [1.54, 1.807) is 0 Å². The molecule has 0 unspecified atom stereocenters. The summed E-state index contributed by atoms with van der Waals surface area (Å²) in [4.78, 5) is 4.76. The standard InChI is InChI=1S/C41H38N4O.Pd/c1-8-30-18-19-42-39(20-30)44-37-15-10-9-14-35(37)36-17-16-33(24-38(36)44)46-34-22-31(25(2)3)21-32(23-34)45-29(7)41(28(6)43-45)40-26(4)12-11-13-27(40)5;/h9-22,25H,8H2,1-7H3;/q-2;+2. The normalized spacial score (nSPS) is 11.4. The molecule has 0 atom stereocenters. The summed E-state index contributed by atoms with van der Waals surface area (Å²) in [5.41, 5.74) is 12.3. The molecule has 0 amide bonds. The number of aromatic nitrogens is 4. The monoisotopic (exact) mass is 708 g/mol. The van der Waals surface area contributed by atoms with Crippen LogP contribution in [0.4, 0.5) is 0 Å². The zero-order valence-corrected chi connectivity index (χ0v) is 29.4. The van der Waals surface area contributed by atoms with Crippen LogP contribution >= 0.6 is 0 Å². The largest absolute Gasteiger partial charge is 2.00 e. The predicted octanol–water partition coefficient (Wildman–Crippen LogP) is 10.3. The minimum absolute atomic E-state index is 0. The third-order valence-corrected chi connectivity index (χ3v) is 8.99. The summed E-state index contributed by atoms with van der Waals surface area (Å²) >= 11 is 0. The van der Waals surface area contributed by atoms with E-state index in [-0.39, 0.29) is 26.3 Å². The number of benzene rings is 4. The summed E-state index contributed by atoms with van der Waals surface area (Å²) in [5.74, 6) is 2.41. The molecule has 0 saturated heterocycles. The Morgan fingerprint density at radius 1 is 0.787 bits per heavy atom. The van der Waals surface area contributed by atoms with Crippen molar-refractivity contribution in [1.29, 1.82) is 0 Å². The minimum Gasteiger partial charge on any atom is -0.509 e. The first kappa shape index (κ1) is 32.4. The predicted molar refractivity (Wildman–Crippen MR) is 188 cm³/mol. The van der Waals surface area contributed by atoms with Crippen LogP contribution in [0.3, 0.4) is 0 Å². The Hall–Kier alpha value is -4.50. The molecular formula is C41H38N4OPd. The molecule has 0 spiro atoms. The number of pyridine rings is 1. The van der Waals surface area contributed by atoms with Crippen molar-refractivity contribution in [2.75, 3.05) is 0 Å². The Morgan fingerprint density at radius 2 is 1.55 bits per heavy atom. The molecule has 0 aliphatic carbocycles. The van der Waals surface area contributed by atoms with Crippen LogP contribution in [0.1, 0.15) is 60.3 Å². The van der Waals surface area contributed by atoms with Crippen molar-refractivity contribution in [2.45, 2.75) is 60.8 Å². The summed E-state index contributed by atoms with van der Waals surface area (Å²) in [6.45, 7) is 15.1. The second-order valence-electron chi connectivity index (χ2n) is 12.5. The second-order valence-corrected chi connectivity index (χ2v) is 12.5. The molecule has 3 heterocycles. The van der Waals surface area contributed by atoms with Gasteiger partial charge < -0.3 is 9.30 Å². The maximum atomic E-state index is 6.59. The average molecular weight is 709 g/mol. The van der Waals surface area contributed by atoms with Gasteiger partial charge in [-0.2, -0.15) is 11.2 Å². The number of rotatable bonds is 7. The fourth-order valence-corrected chi connectivity index (χ4v) is 6.59. The minimum atomic E-state index is 0. The molecule has 7 rings (SSSR count). The summed E-state index contributed by atoms with van der Waals surface area (Å²) < 4.78 is 10.8. The number of para-hydroxylation sites is 1. The zero-order valence-electron chi connectivity index (χ0n) is 27.9. The second kappa shape index (κ2) is 13.0. The van der Waals surface area contributed by atoms with Gasteiger partial charge in [-0.05, 0) is 91.6 Å². The van der Waals surface area contributed by atoms with Crippen LogP contribution in [-0.2, 0) is 26.8 Å². The topological polar surface area (TPSA) is 44.9 Å². The van der Waals surface area contributed by atoms with Gasteiger partial charge in [0.15, 0.2) is 0 Å². The van der Waals surface area contributed by atoms with E-state index in [1.807, 2.05) is 16.9 Å². The molecule has 0 bridgehead atoms. The fourth-order valence-electron chi connectivity index (χ4n) is 6.59. The van der Waals surface area contributed by atoms with E-state index < -0.39 is 0 Å². The number of hydrogen-bond donors (Lipinski definition) is 0. The third kappa shape index (κ3) is 5.82. The molecule has 0 aliphatic heterocycles. The van der Waals surface area contributed by atoms with Crippen molar-refractivity contribution in [3.8, 4) is 34.1 Å². The first-order valence-electron chi connectivity index (χ1n) is 16.0. The summed E-state index contributed by atoms with van der Waals surface area (Å²) in [7, 11) is 0. The van der Waals surface area contributed by atoms with Gasteiger partial charge in [0.2, 0.25) is 0 Å². The molecule has 0 N–H and O–H groups in total. The number of aryl methyl sites for hydroxylation is 4. The Labute approximate surface area is 290 Å². The van der Waals surface area contributed by atoms with Crippen LogP contribution in [-0.4, -0.2) is 19.3 Å². The van der Waals surface area contributed by atoms with E-state index in [0.29, 0.717) is 11.5 Å². The zero-order chi connectivity index (χ0) is 32.1. The number of hydrogen-bond acceptors (Lipinski definition) is 3. The summed E-state index contributed by atoms with van der Waals surface area (Å²) in [6.07, 6.45) is 2.82. The summed E-state index contributed by atoms with van der Waals surface area (Å²) in [6, 6.07) is 34.6. The molecule has 5 nitrogen and oxygen atoms in total. The molecule has 7 aromatic rings. The van der Waals surface area contributed by atoms with Crippen LogP contribution in [0.2, 0.25) is 0 Å². The van der Waals surface area contributed by atoms with Gasteiger partial charge in [0.05, 0.1) is 5.69 Å². The van der Waals surface area contributed by atoms with E-state index in [1.165, 1.54) is 27.8 Å². The van der Waals surface area contributed by atoms with E-state index in [0.717, 1.165) is 56.7 Å². The Bertz CT molecular complexity index is 2240. The first-order valence-corrected chi connectivity index (χ1v) is 16.0. The Kier molecular flexibility index (Phi) is 8.94. The molecule has 238 valence electrons. The molecule has 0 saturated carbocycles. The van der Waals surface area contributed by atoms with Crippen LogP contribution in [0.25, 0.3) is 44.4 Å². The van der Waals surface area contributed by atoms with Crippen molar-refractivity contribution < 1.29 is 25.2 Å². The molecule has 4 aromatic carbocycles. The van der Waals surface area contributed by atoms with Gasteiger partial charge in [-0.3, -0.25) is 4.68 Å². The van der Waals surface area contributed by atoms with Crippen LogP contribution in [0.15, 0.2) is 85.1 Å². The van der Waals surface area contributed by atoms with Crippen molar-refractivity contribution >= 4 is 21.8 Å². The van der Waals surface area contributed by atoms with Gasteiger partial charge in [0.1, 0.15) is 5.82 Å². The van der Waals surface area contributed by atoms with Crippen LogP contribution in [0, 0.1) is 39.8 Å². The Balaban J connectivity index is 0.00000386. The van der Waals surface area contributed by atoms with Gasteiger partial charge in [0, 0.05) is 34.5 Å². The maximum absolute atomic E-state index is 6.59. The summed E-state index contributed by atoms with van der Waals surface area (Å²) in [5, 5.41) is 7.29. The molecule has 47 heavy (non-hydrogen) atoms. The third-order valence-electron chi connectivity index (χ3n) is 8.99. The molecule has 0 fully saturated rings. The first-order chi connectivity index (χ1) is 22.2. The molecule has 0 aliphatic rings. The number of ether oxygens (including phenoxy) is 1. The van der Waals surface area contributed by atoms with E-state index >= 15 is 0 Å². The molecule has 3 aromatic heterocycles. The number of fused-ring (bicyclic) bond motifs is 3.